The van der Waals surface area contributed by atoms with Crippen LogP contribution >= 0.6 is 27.3 Å². The molecule has 86 valence electrons. The first-order valence-corrected chi connectivity index (χ1v) is 7.20. The smallest absolute Gasteiger partial charge is 0.0701 e. The van der Waals surface area contributed by atoms with Crippen LogP contribution in [0.4, 0.5) is 0 Å². The van der Waals surface area contributed by atoms with E-state index in [9.17, 15) is 0 Å². The minimum Gasteiger partial charge on any atom is -0.309 e. The lowest BCUT2D eigenvalue weighted by atomic mass is 10.0. The van der Waals surface area contributed by atoms with Crippen molar-refractivity contribution in [2.75, 3.05) is 0 Å². The van der Waals surface area contributed by atoms with Gasteiger partial charge in [-0.15, -0.1) is 11.3 Å². The number of halogens is 1. The van der Waals surface area contributed by atoms with Crippen LogP contribution in [0.3, 0.4) is 0 Å². The Labute approximate surface area is 105 Å². The predicted octanol–water partition coefficient (Wildman–Crippen LogP) is 4.42. The van der Waals surface area contributed by atoms with Crippen LogP contribution in [0.15, 0.2) is 15.9 Å². The first-order chi connectivity index (χ1) is 7.11. The summed E-state index contributed by atoms with van der Waals surface area (Å²) in [7, 11) is 0. The molecule has 0 spiro atoms. The van der Waals surface area contributed by atoms with E-state index in [1.165, 1.54) is 21.5 Å². The van der Waals surface area contributed by atoms with Crippen LogP contribution in [-0.4, -0.2) is 6.04 Å². The Morgan fingerprint density at radius 2 is 2.13 bits per heavy atom. The second-order valence-electron chi connectivity index (χ2n) is 4.24. The van der Waals surface area contributed by atoms with Crippen LogP contribution in [0.1, 0.15) is 38.5 Å². The summed E-state index contributed by atoms with van der Waals surface area (Å²) in [5, 5.41) is 3.57. The van der Waals surface area contributed by atoms with E-state index in [1.807, 2.05) is 11.3 Å². The average molecular weight is 290 g/mol. The molecule has 0 aromatic carbocycles. The van der Waals surface area contributed by atoms with E-state index in [-0.39, 0.29) is 0 Å². The molecule has 3 heteroatoms. The highest BCUT2D eigenvalue weighted by Crippen LogP contribution is 2.22. The van der Waals surface area contributed by atoms with Crippen LogP contribution in [0.2, 0.25) is 0 Å². The van der Waals surface area contributed by atoms with Gasteiger partial charge in [0, 0.05) is 17.5 Å². The molecule has 0 fully saturated rings. The van der Waals surface area contributed by atoms with Crippen LogP contribution in [0, 0.1) is 5.92 Å². The summed E-state index contributed by atoms with van der Waals surface area (Å²) >= 11 is 5.29. The predicted molar refractivity (Wildman–Crippen MR) is 72.4 cm³/mol. The molecule has 1 rings (SSSR count). The Hall–Kier alpha value is 0.140. The highest BCUT2D eigenvalue weighted by atomic mass is 79.9. The summed E-state index contributed by atoms with van der Waals surface area (Å²) in [6.45, 7) is 7.84. The molecule has 1 aromatic heterocycles. The maximum Gasteiger partial charge on any atom is 0.0701 e. The molecule has 1 N–H and O–H groups in total. The van der Waals surface area contributed by atoms with Gasteiger partial charge in [-0.25, -0.2) is 0 Å². The van der Waals surface area contributed by atoms with Crippen molar-refractivity contribution in [1.82, 2.24) is 5.32 Å². The van der Waals surface area contributed by atoms with Crippen molar-refractivity contribution in [2.45, 2.75) is 46.2 Å². The summed E-state index contributed by atoms with van der Waals surface area (Å²) in [6, 6.07) is 4.90. The molecular formula is C12H20BrNS. The highest BCUT2D eigenvalue weighted by molar-refractivity contribution is 9.11. The lowest BCUT2D eigenvalue weighted by Gasteiger charge is -2.16. The highest BCUT2D eigenvalue weighted by Gasteiger charge is 2.07. The maximum atomic E-state index is 3.57. The lowest BCUT2D eigenvalue weighted by Crippen LogP contribution is -2.26. The number of thiophene rings is 1. The molecule has 1 nitrogen and oxygen atoms in total. The van der Waals surface area contributed by atoms with Crippen molar-refractivity contribution in [3.63, 3.8) is 0 Å². The van der Waals surface area contributed by atoms with Gasteiger partial charge in [0.25, 0.3) is 0 Å². The van der Waals surface area contributed by atoms with Crippen LogP contribution in [-0.2, 0) is 6.54 Å². The molecule has 0 bridgehead atoms. The minimum absolute atomic E-state index is 0.612. The molecule has 0 aliphatic carbocycles. The SMILES string of the molecule is CCC(C)CC(C)NCc1ccc(Br)s1. The maximum absolute atomic E-state index is 3.57. The second kappa shape index (κ2) is 6.66. The quantitative estimate of drug-likeness (QED) is 0.817. The zero-order valence-electron chi connectivity index (χ0n) is 9.72. The molecule has 2 unspecified atom stereocenters. The molecule has 2 atom stereocenters. The number of hydrogen-bond donors (Lipinski definition) is 1. The monoisotopic (exact) mass is 289 g/mol. The third-order valence-electron chi connectivity index (χ3n) is 2.71. The van der Waals surface area contributed by atoms with E-state index in [4.69, 9.17) is 0 Å². The fraction of sp³-hybridized carbons (Fsp3) is 0.667. The van der Waals surface area contributed by atoms with Crippen molar-refractivity contribution in [3.05, 3.63) is 20.8 Å². The van der Waals surface area contributed by atoms with Crippen LogP contribution < -0.4 is 5.32 Å². The average Bonchev–Trinajstić information content (AvgIpc) is 2.61. The van der Waals surface area contributed by atoms with E-state index in [0.717, 1.165) is 12.5 Å². The summed E-state index contributed by atoms with van der Waals surface area (Å²) in [5.74, 6) is 0.822. The Morgan fingerprint density at radius 3 is 2.67 bits per heavy atom. The van der Waals surface area contributed by atoms with Gasteiger partial charge >= 0.3 is 0 Å². The van der Waals surface area contributed by atoms with Crippen molar-refractivity contribution in [1.29, 1.82) is 0 Å². The van der Waals surface area contributed by atoms with Gasteiger partial charge in [0.1, 0.15) is 0 Å². The zero-order chi connectivity index (χ0) is 11.3. The van der Waals surface area contributed by atoms with Gasteiger partial charge in [-0.3, -0.25) is 0 Å². The molecule has 0 amide bonds. The van der Waals surface area contributed by atoms with Gasteiger partial charge in [0.2, 0.25) is 0 Å². The van der Waals surface area contributed by atoms with E-state index in [0.29, 0.717) is 6.04 Å². The molecule has 15 heavy (non-hydrogen) atoms. The largest absolute Gasteiger partial charge is 0.309 e. The first-order valence-electron chi connectivity index (χ1n) is 5.59. The zero-order valence-corrected chi connectivity index (χ0v) is 12.1. The molecule has 0 saturated carbocycles. The Morgan fingerprint density at radius 1 is 1.40 bits per heavy atom. The van der Waals surface area contributed by atoms with E-state index in [1.54, 1.807) is 0 Å². The van der Waals surface area contributed by atoms with Gasteiger partial charge in [-0.2, -0.15) is 0 Å². The van der Waals surface area contributed by atoms with E-state index >= 15 is 0 Å². The van der Waals surface area contributed by atoms with Crippen LogP contribution in [0.5, 0.6) is 0 Å². The Balaban J connectivity index is 2.25. The standard InChI is InChI=1S/C12H20BrNS/c1-4-9(2)7-10(3)14-8-11-5-6-12(13)15-11/h5-6,9-10,14H,4,7-8H2,1-3H3. The normalized spacial score (nSPS) is 15.2. The topological polar surface area (TPSA) is 12.0 Å². The Kier molecular flexibility index (Phi) is 5.87. The molecule has 1 heterocycles. The van der Waals surface area contributed by atoms with Crippen molar-refractivity contribution in [2.24, 2.45) is 5.92 Å². The second-order valence-corrected chi connectivity index (χ2v) is 6.78. The van der Waals surface area contributed by atoms with Gasteiger partial charge in [-0.05, 0) is 47.3 Å². The van der Waals surface area contributed by atoms with Gasteiger partial charge < -0.3 is 5.32 Å². The molecule has 0 radical (unpaired) electrons. The van der Waals surface area contributed by atoms with E-state index < -0.39 is 0 Å². The third-order valence-corrected chi connectivity index (χ3v) is 4.33. The van der Waals surface area contributed by atoms with E-state index in [2.05, 4.69) is 54.2 Å². The molecular weight excluding hydrogens is 270 g/mol. The fourth-order valence-electron chi connectivity index (χ4n) is 1.58. The molecule has 0 aliphatic rings. The lowest BCUT2D eigenvalue weighted by molar-refractivity contribution is 0.413. The van der Waals surface area contributed by atoms with Crippen LogP contribution in [0.25, 0.3) is 0 Å². The van der Waals surface area contributed by atoms with Crippen molar-refractivity contribution < 1.29 is 0 Å². The Bertz CT molecular complexity index is 285. The molecule has 0 saturated heterocycles. The van der Waals surface area contributed by atoms with Crippen molar-refractivity contribution >= 4 is 27.3 Å². The summed E-state index contributed by atoms with van der Waals surface area (Å²) in [5.41, 5.74) is 0. The fourth-order valence-corrected chi connectivity index (χ4v) is 3.01. The summed E-state index contributed by atoms with van der Waals surface area (Å²) < 4.78 is 1.22. The number of nitrogens with one attached hydrogen (secondary N) is 1. The molecule has 0 aliphatic heterocycles. The number of hydrogen-bond acceptors (Lipinski definition) is 2. The third kappa shape index (κ3) is 5.14. The molecule has 1 aromatic rings. The minimum atomic E-state index is 0.612. The summed E-state index contributed by atoms with van der Waals surface area (Å²) in [6.07, 6.45) is 2.54. The van der Waals surface area contributed by atoms with Crippen molar-refractivity contribution in [3.8, 4) is 0 Å². The number of rotatable bonds is 6. The van der Waals surface area contributed by atoms with Gasteiger partial charge in [0.15, 0.2) is 0 Å². The van der Waals surface area contributed by atoms with Gasteiger partial charge in [0.05, 0.1) is 3.79 Å². The first kappa shape index (κ1) is 13.2. The summed E-state index contributed by atoms with van der Waals surface area (Å²) in [4.78, 5) is 1.40. The van der Waals surface area contributed by atoms with Gasteiger partial charge in [-0.1, -0.05) is 20.3 Å².